The van der Waals surface area contributed by atoms with Crippen molar-refractivity contribution in [3.05, 3.63) is 0 Å². The van der Waals surface area contributed by atoms with Gasteiger partial charge >= 0.3 is 110 Å². The van der Waals surface area contributed by atoms with Gasteiger partial charge in [-0.15, -0.1) is 0 Å². The molecule has 0 aromatic carbocycles. The van der Waals surface area contributed by atoms with Crippen molar-refractivity contribution in [3.8, 4) is 0 Å². The van der Waals surface area contributed by atoms with Crippen molar-refractivity contribution in [1.82, 2.24) is 0 Å². The molecule has 0 fully saturated rings. The van der Waals surface area contributed by atoms with Crippen molar-refractivity contribution in [1.29, 1.82) is 0 Å². The zero-order valence-electron chi connectivity index (χ0n) is 12.0. The summed E-state index contributed by atoms with van der Waals surface area (Å²) in [7, 11) is 2.19. The third-order valence-electron chi connectivity index (χ3n) is 4.02. The first-order valence-electron chi connectivity index (χ1n) is 7.45. The van der Waals surface area contributed by atoms with Crippen LogP contribution in [0, 0.1) is 5.41 Å². The van der Waals surface area contributed by atoms with E-state index in [1.54, 1.807) is 5.36 Å². The van der Waals surface area contributed by atoms with Crippen molar-refractivity contribution in [2.45, 2.75) is 72.1 Å². The van der Waals surface area contributed by atoms with E-state index >= 15 is 0 Å². The van der Waals surface area contributed by atoms with Crippen LogP contribution in [0.15, 0.2) is 0 Å². The second kappa shape index (κ2) is 8.27. The fourth-order valence-electron chi connectivity index (χ4n) is 2.70. The molecule has 89 valence electrons. The molecule has 0 aromatic heterocycles. The minimum atomic E-state index is 0.424. The van der Waals surface area contributed by atoms with E-state index in [1.165, 1.54) is 51.4 Å². The Balaban J connectivity index is 2.49. The molecule has 0 spiro atoms. The zero-order chi connectivity index (χ0) is 12.6. The summed E-state index contributed by atoms with van der Waals surface area (Å²) in [6, 6.07) is 0. The summed E-state index contributed by atoms with van der Waals surface area (Å²) in [5.74, 6) is 0. The molecule has 1 aliphatic heterocycles. The second-order valence-electron chi connectivity index (χ2n) is 5.65. The van der Waals surface area contributed by atoms with Gasteiger partial charge in [-0.1, -0.05) is 0 Å². The molecule has 17 heavy (non-hydrogen) atoms. The molecule has 4 heteroatoms. The minimum absolute atomic E-state index is 0.424. The van der Waals surface area contributed by atoms with E-state index in [-0.39, 0.29) is 0 Å². The van der Waals surface area contributed by atoms with Crippen LogP contribution in [-0.4, -0.2) is 32.7 Å². The molecule has 1 aliphatic rings. The van der Waals surface area contributed by atoms with Gasteiger partial charge in [0.2, 0.25) is 0 Å². The molecule has 0 amide bonds. The Morgan fingerprint density at radius 3 is 2.24 bits per heavy atom. The molecular weight excluding hydrogens is 199 g/mol. The van der Waals surface area contributed by atoms with Crippen LogP contribution in [0.2, 0.25) is 0 Å². The van der Waals surface area contributed by atoms with Crippen LogP contribution >= 0.6 is 0 Å². The number of hydrogen-bond acceptors (Lipinski definition) is 0. The van der Waals surface area contributed by atoms with Crippen molar-refractivity contribution in [2.24, 2.45) is 5.41 Å². The van der Waals surface area contributed by atoms with Crippen LogP contribution in [0.25, 0.3) is 0 Å². The van der Waals surface area contributed by atoms with Crippen molar-refractivity contribution in [3.63, 3.8) is 0 Å². The first-order valence-corrected chi connectivity index (χ1v) is 7.45. The van der Waals surface area contributed by atoms with Crippen molar-refractivity contribution >= 4 is 32.7 Å². The van der Waals surface area contributed by atoms with E-state index in [9.17, 15) is 0 Å². The Labute approximate surface area is 111 Å². The number of rotatable bonds is 9. The van der Waals surface area contributed by atoms with E-state index in [1.807, 2.05) is 0 Å². The third kappa shape index (κ3) is 5.10. The topological polar surface area (TPSA) is 0 Å². The van der Waals surface area contributed by atoms with E-state index in [2.05, 4.69) is 48.1 Å². The molecule has 0 N–H and O–H groups in total. The van der Waals surface area contributed by atoms with Gasteiger partial charge in [0, 0.05) is 0 Å². The van der Waals surface area contributed by atoms with Gasteiger partial charge in [-0.2, -0.15) is 0 Å². The molecule has 1 unspecified atom stereocenters. The SMILES string of the molecule is CCCCCCC(C)(CCCC)C1=B[B]B=B1. The van der Waals surface area contributed by atoms with Crippen molar-refractivity contribution in [2.75, 3.05) is 0 Å². The molecule has 0 bridgehead atoms. The molecule has 0 saturated heterocycles. The van der Waals surface area contributed by atoms with Crippen molar-refractivity contribution < 1.29 is 0 Å². The van der Waals surface area contributed by atoms with Gasteiger partial charge in [-0.3, -0.25) is 0 Å². The van der Waals surface area contributed by atoms with Gasteiger partial charge in [-0.25, -0.2) is 0 Å². The summed E-state index contributed by atoms with van der Waals surface area (Å²) in [4.78, 5) is 0. The average molecular weight is 225 g/mol. The van der Waals surface area contributed by atoms with Crippen LogP contribution in [0.4, 0.5) is 0 Å². The standard InChI is InChI=1S/C13H25B4/c1-4-6-8-9-11-13(3,10-7-5-2)12-14-16-17-15-12/h4-11H2,1-3H3. The number of hydrogen-bond donors (Lipinski definition) is 0. The predicted molar refractivity (Wildman–Crippen MR) is 84.4 cm³/mol. The molecule has 0 nitrogen and oxygen atoms in total. The molecule has 0 saturated carbocycles. The molecular formula is C13H25B4. The van der Waals surface area contributed by atoms with Crippen LogP contribution in [0.1, 0.15) is 72.1 Å². The maximum absolute atomic E-state index is 2.46. The van der Waals surface area contributed by atoms with E-state index in [0.717, 1.165) is 0 Å². The summed E-state index contributed by atoms with van der Waals surface area (Å²) < 4.78 is 0. The predicted octanol–water partition coefficient (Wildman–Crippen LogP) is 2.86. The Bertz CT molecular complexity index is 273. The van der Waals surface area contributed by atoms with Gasteiger partial charge < -0.3 is 0 Å². The summed E-state index contributed by atoms with van der Waals surface area (Å²) in [6.07, 6.45) is 10.9. The molecule has 1 heterocycles. The molecule has 0 aromatic rings. The van der Waals surface area contributed by atoms with E-state index in [4.69, 9.17) is 0 Å². The quantitative estimate of drug-likeness (QED) is 0.417. The molecule has 0 aliphatic carbocycles. The second-order valence-corrected chi connectivity index (χ2v) is 5.65. The fraction of sp³-hybridized carbons (Fsp3) is 0.923. The monoisotopic (exact) mass is 225 g/mol. The Morgan fingerprint density at radius 2 is 1.65 bits per heavy atom. The summed E-state index contributed by atoms with van der Waals surface area (Å²) in [5.41, 5.74) is 0.424. The first kappa shape index (κ1) is 15.2. The molecule has 1 atom stereocenters. The zero-order valence-corrected chi connectivity index (χ0v) is 12.0. The van der Waals surface area contributed by atoms with E-state index in [0.29, 0.717) is 5.41 Å². The first-order chi connectivity index (χ1) is 8.23. The summed E-state index contributed by atoms with van der Waals surface area (Å²) in [5, 5.41) is 1.56. The van der Waals surface area contributed by atoms with Gasteiger partial charge in [0.1, 0.15) is 0 Å². The number of unbranched alkanes of at least 4 members (excludes halogenated alkanes) is 4. The van der Waals surface area contributed by atoms with Crippen LogP contribution in [0.5, 0.6) is 0 Å². The summed E-state index contributed by atoms with van der Waals surface area (Å²) >= 11 is 0. The van der Waals surface area contributed by atoms with Gasteiger partial charge in [0.15, 0.2) is 0 Å². The van der Waals surface area contributed by atoms with Crippen LogP contribution in [-0.2, 0) is 0 Å². The van der Waals surface area contributed by atoms with Gasteiger partial charge in [0.25, 0.3) is 0 Å². The Morgan fingerprint density at radius 1 is 0.941 bits per heavy atom. The van der Waals surface area contributed by atoms with E-state index < -0.39 is 0 Å². The van der Waals surface area contributed by atoms with Crippen LogP contribution in [0.3, 0.4) is 0 Å². The molecule has 1 rings (SSSR count). The van der Waals surface area contributed by atoms with Crippen LogP contribution < -0.4 is 0 Å². The molecule has 1 radical (unpaired) electrons. The summed E-state index contributed by atoms with van der Waals surface area (Å²) in [6.45, 7) is 13.9. The van der Waals surface area contributed by atoms with Gasteiger partial charge in [0.05, 0.1) is 0 Å². The average Bonchev–Trinajstić information content (AvgIpc) is 2.86. The fourth-order valence-corrected chi connectivity index (χ4v) is 2.70. The third-order valence-corrected chi connectivity index (χ3v) is 4.02. The van der Waals surface area contributed by atoms with Gasteiger partial charge in [-0.05, 0) is 0 Å². The Hall–Kier alpha value is 0.130. The maximum atomic E-state index is 2.46. The normalized spacial score (nSPS) is 16.3. The Kier molecular flexibility index (Phi) is 7.39.